The van der Waals surface area contributed by atoms with Crippen LogP contribution in [-0.4, -0.2) is 20.4 Å². The zero-order valence-corrected chi connectivity index (χ0v) is 12.4. The highest BCUT2D eigenvalue weighted by atomic mass is 32.2. The first-order chi connectivity index (χ1) is 8.90. The molecule has 0 aromatic carbocycles. The Morgan fingerprint density at radius 3 is 2.84 bits per heavy atom. The van der Waals surface area contributed by atoms with Gasteiger partial charge in [-0.1, -0.05) is 13.3 Å². The van der Waals surface area contributed by atoms with Crippen LogP contribution in [0.25, 0.3) is 0 Å². The zero-order valence-electron chi connectivity index (χ0n) is 10.8. The highest BCUT2D eigenvalue weighted by molar-refractivity contribution is 7.91. The summed E-state index contributed by atoms with van der Waals surface area (Å²) in [5.74, 6) is 0.573. The predicted octanol–water partition coefficient (Wildman–Crippen LogP) is 1.24. The number of amides is 1. The maximum absolute atomic E-state index is 11.8. The quantitative estimate of drug-likeness (QED) is 0.828. The summed E-state index contributed by atoms with van der Waals surface area (Å²) in [5, 5.41) is 8.00. The summed E-state index contributed by atoms with van der Waals surface area (Å²) in [4.78, 5) is 12.5. The Hall–Kier alpha value is -0.920. The topological polar surface area (TPSA) is 89.3 Å². The maximum Gasteiger partial charge on any atom is 0.247 e. The van der Waals surface area contributed by atoms with Crippen LogP contribution in [-0.2, 0) is 21.2 Å². The zero-order chi connectivity index (χ0) is 14.0. The normalized spacial score (nSPS) is 22.2. The molecule has 5 nitrogen and oxygen atoms in total. The fourth-order valence-corrected chi connectivity index (χ4v) is 3.91. The van der Waals surface area contributed by atoms with Crippen molar-refractivity contribution < 1.29 is 13.2 Å². The number of nitrogens with two attached hydrogens (primary N) is 1. The molecule has 3 N–H and O–H groups in total. The lowest BCUT2D eigenvalue weighted by Gasteiger charge is -2.02. The molecule has 2 rings (SSSR count). The SMILES string of the molecule is CCCC1CC1NC(=O)Cc1ccc(S(N)(=O)=O)s1. The van der Waals surface area contributed by atoms with E-state index >= 15 is 0 Å². The Morgan fingerprint density at radius 2 is 2.26 bits per heavy atom. The van der Waals surface area contributed by atoms with E-state index in [0.29, 0.717) is 16.8 Å². The van der Waals surface area contributed by atoms with E-state index in [9.17, 15) is 13.2 Å². The number of sulfonamides is 1. The molecule has 1 aliphatic carbocycles. The second kappa shape index (κ2) is 5.60. The highest BCUT2D eigenvalue weighted by Crippen LogP contribution is 2.34. The van der Waals surface area contributed by atoms with Crippen molar-refractivity contribution in [2.45, 2.75) is 42.9 Å². The first-order valence-electron chi connectivity index (χ1n) is 6.31. The van der Waals surface area contributed by atoms with Crippen LogP contribution in [0.15, 0.2) is 16.3 Å². The molecule has 1 aromatic heterocycles. The van der Waals surface area contributed by atoms with Crippen molar-refractivity contribution in [3.8, 4) is 0 Å². The average molecular weight is 302 g/mol. The van der Waals surface area contributed by atoms with Crippen LogP contribution in [0.2, 0.25) is 0 Å². The van der Waals surface area contributed by atoms with Gasteiger partial charge in [0.15, 0.2) is 0 Å². The molecule has 0 spiro atoms. The molecule has 1 aliphatic rings. The number of hydrogen-bond donors (Lipinski definition) is 2. The molecule has 19 heavy (non-hydrogen) atoms. The number of carbonyl (C=O) groups is 1. The second-order valence-electron chi connectivity index (χ2n) is 4.90. The van der Waals surface area contributed by atoms with Crippen molar-refractivity contribution >= 4 is 27.3 Å². The molecule has 1 amide bonds. The Morgan fingerprint density at radius 1 is 1.53 bits per heavy atom. The summed E-state index contributed by atoms with van der Waals surface area (Å²) in [6.45, 7) is 2.14. The van der Waals surface area contributed by atoms with E-state index < -0.39 is 10.0 Å². The largest absolute Gasteiger partial charge is 0.353 e. The molecule has 106 valence electrons. The molecule has 0 bridgehead atoms. The van der Waals surface area contributed by atoms with Gasteiger partial charge in [0.1, 0.15) is 4.21 Å². The van der Waals surface area contributed by atoms with Gasteiger partial charge in [-0.2, -0.15) is 0 Å². The van der Waals surface area contributed by atoms with E-state index in [0.717, 1.165) is 30.6 Å². The Kier molecular flexibility index (Phi) is 4.27. The lowest BCUT2D eigenvalue weighted by atomic mass is 10.2. The molecular formula is C12H18N2O3S2. The number of primary sulfonamides is 1. The lowest BCUT2D eigenvalue weighted by Crippen LogP contribution is -2.28. The Bertz CT molecular complexity index is 565. The maximum atomic E-state index is 11.8. The fourth-order valence-electron chi connectivity index (χ4n) is 2.14. The summed E-state index contributed by atoms with van der Waals surface area (Å²) >= 11 is 1.05. The summed E-state index contributed by atoms with van der Waals surface area (Å²) in [6.07, 6.45) is 3.57. The average Bonchev–Trinajstić information content (AvgIpc) is 2.84. The monoisotopic (exact) mass is 302 g/mol. The number of nitrogens with one attached hydrogen (secondary N) is 1. The molecular weight excluding hydrogens is 284 g/mol. The minimum Gasteiger partial charge on any atom is -0.353 e. The summed E-state index contributed by atoms with van der Waals surface area (Å²) in [6, 6.07) is 3.39. The van der Waals surface area contributed by atoms with Crippen LogP contribution in [0, 0.1) is 5.92 Å². The van der Waals surface area contributed by atoms with Gasteiger partial charge in [-0.25, -0.2) is 13.6 Å². The third-order valence-electron chi connectivity index (χ3n) is 3.18. The van der Waals surface area contributed by atoms with E-state index in [1.165, 1.54) is 6.07 Å². The molecule has 2 atom stereocenters. The number of rotatable bonds is 6. The van der Waals surface area contributed by atoms with Crippen molar-refractivity contribution in [1.82, 2.24) is 5.32 Å². The van der Waals surface area contributed by atoms with Gasteiger partial charge in [0, 0.05) is 10.9 Å². The van der Waals surface area contributed by atoms with Crippen molar-refractivity contribution in [1.29, 1.82) is 0 Å². The Labute approximate surface area is 117 Å². The number of thiophene rings is 1. The van der Waals surface area contributed by atoms with Crippen LogP contribution in [0.1, 0.15) is 31.1 Å². The van der Waals surface area contributed by atoms with Crippen LogP contribution in [0.3, 0.4) is 0 Å². The molecule has 0 radical (unpaired) electrons. The molecule has 1 fully saturated rings. The highest BCUT2D eigenvalue weighted by Gasteiger charge is 2.36. The van der Waals surface area contributed by atoms with Crippen molar-refractivity contribution in [3.63, 3.8) is 0 Å². The van der Waals surface area contributed by atoms with Gasteiger partial charge in [0.25, 0.3) is 0 Å². The van der Waals surface area contributed by atoms with E-state index in [4.69, 9.17) is 5.14 Å². The van der Waals surface area contributed by atoms with E-state index in [1.807, 2.05) is 0 Å². The van der Waals surface area contributed by atoms with E-state index in [1.54, 1.807) is 6.07 Å². The molecule has 0 aliphatic heterocycles. The summed E-state index contributed by atoms with van der Waals surface area (Å²) in [7, 11) is -3.66. The number of hydrogen-bond acceptors (Lipinski definition) is 4. The second-order valence-corrected chi connectivity index (χ2v) is 7.86. The van der Waals surface area contributed by atoms with Crippen molar-refractivity contribution in [2.24, 2.45) is 11.1 Å². The van der Waals surface area contributed by atoms with Crippen LogP contribution in [0.4, 0.5) is 0 Å². The van der Waals surface area contributed by atoms with Gasteiger partial charge in [-0.05, 0) is 30.9 Å². The van der Waals surface area contributed by atoms with Crippen LogP contribution < -0.4 is 10.5 Å². The third-order valence-corrected chi connectivity index (χ3v) is 5.70. The summed E-state index contributed by atoms with van der Waals surface area (Å²) < 4.78 is 22.3. The minimum absolute atomic E-state index is 0.0496. The van der Waals surface area contributed by atoms with Crippen molar-refractivity contribution in [3.05, 3.63) is 17.0 Å². The van der Waals surface area contributed by atoms with E-state index in [2.05, 4.69) is 12.2 Å². The van der Waals surface area contributed by atoms with Crippen molar-refractivity contribution in [2.75, 3.05) is 0 Å². The first kappa shape index (κ1) is 14.5. The van der Waals surface area contributed by atoms with E-state index in [-0.39, 0.29) is 16.5 Å². The first-order valence-corrected chi connectivity index (χ1v) is 8.67. The molecule has 7 heteroatoms. The van der Waals surface area contributed by atoms with Crippen LogP contribution >= 0.6 is 11.3 Å². The van der Waals surface area contributed by atoms with Gasteiger partial charge in [0.2, 0.25) is 15.9 Å². The molecule has 2 unspecified atom stereocenters. The molecule has 1 aromatic rings. The smallest absolute Gasteiger partial charge is 0.247 e. The predicted molar refractivity (Wildman–Crippen MR) is 74.3 cm³/mol. The molecule has 1 saturated carbocycles. The van der Waals surface area contributed by atoms with Gasteiger partial charge in [-0.3, -0.25) is 4.79 Å². The van der Waals surface area contributed by atoms with Gasteiger partial charge < -0.3 is 5.32 Å². The van der Waals surface area contributed by atoms with Gasteiger partial charge in [0.05, 0.1) is 6.42 Å². The van der Waals surface area contributed by atoms with Gasteiger partial charge >= 0.3 is 0 Å². The number of carbonyl (C=O) groups excluding carboxylic acids is 1. The standard InChI is InChI=1S/C12H18N2O3S2/c1-2-3-8-6-10(8)14-11(15)7-9-4-5-12(18-9)19(13,16)17/h4-5,8,10H,2-3,6-7H2,1H3,(H,14,15)(H2,13,16,17). The van der Waals surface area contributed by atoms with Crippen LogP contribution in [0.5, 0.6) is 0 Å². The van der Waals surface area contributed by atoms with Gasteiger partial charge in [-0.15, -0.1) is 11.3 Å². The summed E-state index contributed by atoms with van der Waals surface area (Å²) in [5.41, 5.74) is 0. The molecule has 1 heterocycles. The fraction of sp³-hybridized carbons (Fsp3) is 0.583. The third kappa shape index (κ3) is 4.02. The lowest BCUT2D eigenvalue weighted by molar-refractivity contribution is -0.120. The minimum atomic E-state index is -3.66. The molecule has 0 saturated heterocycles. The Balaban J connectivity index is 1.85.